The Balaban J connectivity index is 1.11. The number of morpholine rings is 1. The van der Waals surface area contributed by atoms with Gasteiger partial charge < -0.3 is 14.6 Å². The summed E-state index contributed by atoms with van der Waals surface area (Å²) in [5.41, 5.74) is 5.44. The maximum Gasteiger partial charge on any atom is 0.410 e. The van der Waals surface area contributed by atoms with Crippen molar-refractivity contribution in [1.82, 2.24) is 9.88 Å². The number of hydrogen-bond acceptors (Lipinski definition) is 5. The molecule has 2 aliphatic heterocycles. The molecule has 2 unspecified atom stereocenters. The van der Waals surface area contributed by atoms with E-state index in [4.69, 9.17) is 9.47 Å². The van der Waals surface area contributed by atoms with Crippen molar-refractivity contribution in [3.05, 3.63) is 102 Å². The van der Waals surface area contributed by atoms with Crippen molar-refractivity contribution < 1.29 is 19.4 Å². The summed E-state index contributed by atoms with van der Waals surface area (Å²) in [7, 11) is 0. The first-order valence-electron chi connectivity index (χ1n) is 12.9. The van der Waals surface area contributed by atoms with Crippen LogP contribution in [0.2, 0.25) is 0 Å². The first-order valence-corrected chi connectivity index (χ1v) is 12.9. The second kappa shape index (κ2) is 8.68. The number of amides is 1. The van der Waals surface area contributed by atoms with E-state index >= 15 is 0 Å². The Morgan fingerprint density at radius 1 is 0.946 bits per heavy atom. The van der Waals surface area contributed by atoms with Crippen LogP contribution in [0.4, 0.5) is 4.79 Å². The highest BCUT2D eigenvalue weighted by Crippen LogP contribution is 2.45. The molecule has 3 aliphatic rings. The molecular weight excluding hydrogens is 464 g/mol. The lowest BCUT2D eigenvalue weighted by Crippen LogP contribution is -2.62. The number of carbonyl (C=O) groups excluding carboxylic acids is 1. The van der Waals surface area contributed by atoms with Crippen LogP contribution in [-0.2, 0) is 15.1 Å². The van der Waals surface area contributed by atoms with Crippen LogP contribution >= 0.6 is 0 Å². The van der Waals surface area contributed by atoms with Crippen molar-refractivity contribution in [3.8, 4) is 11.1 Å². The van der Waals surface area contributed by atoms with Crippen LogP contribution in [0, 0.1) is 0 Å². The zero-order chi connectivity index (χ0) is 25.0. The average Bonchev–Trinajstić information content (AvgIpc) is 3.24. The maximum absolute atomic E-state index is 13.5. The molecule has 2 fully saturated rings. The molecule has 1 amide bonds. The molecule has 1 aliphatic carbocycles. The second-order valence-electron chi connectivity index (χ2n) is 10.4. The molecule has 6 nitrogen and oxygen atoms in total. The lowest BCUT2D eigenvalue weighted by molar-refractivity contribution is -0.136. The van der Waals surface area contributed by atoms with Gasteiger partial charge in [0.05, 0.1) is 36.4 Å². The van der Waals surface area contributed by atoms with Gasteiger partial charge in [-0.1, -0.05) is 66.7 Å². The van der Waals surface area contributed by atoms with Gasteiger partial charge in [-0.25, -0.2) is 4.79 Å². The summed E-state index contributed by atoms with van der Waals surface area (Å²) in [5, 5.41) is 12.8. The molecule has 0 saturated carbocycles. The van der Waals surface area contributed by atoms with E-state index in [1.165, 1.54) is 22.3 Å². The summed E-state index contributed by atoms with van der Waals surface area (Å²) in [5.74, 6) is 0.0132. The standard InChI is InChI=1S/C31H28N2O4/c34-30(37-19-28-26-9-3-1-7-24(26)25-8-2-4-10-27(25)28)33-22-15-31(35,16-23(33)18-36-17-22)21-12-11-20-6-5-13-32-29(20)14-21/h1-14,22-23,28,35H,15-19H2. The smallest absolute Gasteiger partial charge is 0.410 e. The molecule has 37 heavy (non-hydrogen) atoms. The van der Waals surface area contributed by atoms with Crippen LogP contribution < -0.4 is 0 Å². The van der Waals surface area contributed by atoms with Gasteiger partial charge in [-0.05, 0) is 39.9 Å². The third kappa shape index (κ3) is 3.71. The topological polar surface area (TPSA) is 71.9 Å². The van der Waals surface area contributed by atoms with Gasteiger partial charge in [0.2, 0.25) is 0 Å². The second-order valence-corrected chi connectivity index (χ2v) is 10.4. The number of benzene rings is 3. The maximum atomic E-state index is 13.5. The monoisotopic (exact) mass is 492 g/mol. The van der Waals surface area contributed by atoms with Gasteiger partial charge >= 0.3 is 6.09 Å². The Morgan fingerprint density at radius 2 is 1.62 bits per heavy atom. The largest absolute Gasteiger partial charge is 0.448 e. The summed E-state index contributed by atoms with van der Waals surface area (Å²) < 4.78 is 11.8. The number of nitrogens with zero attached hydrogens (tertiary/aromatic N) is 2. The summed E-state index contributed by atoms with van der Waals surface area (Å²) in [6, 6.07) is 26.0. The Kier molecular flexibility index (Phi) is 5.27. The Bertz CT molecular complexity index is 1440. The molecule has 1 aromatic heterocycles. The predicted octanol–water partition coefficient (Wildman–Crippen LogP) is 5.23. The number of rotatable bonds is 3. The zero-order valence-electron chi connectivity index (χ0n) is 20.4. The van der Waals surface area contributed by atoms with Crippen molar-refractivity contribution in [1.29, 1.82) is 0 Å². The van der Waals surface area contributed by atoms with E-state index in [1.54, 1.807) is 6.20 Å². The number of aromatic nitrogens is 1. The third-order valence-electron chi connectivity index (χ3n) is 8.24. The van der Waals surface area contributed by atoms with Gasteiger partial charge in [-0.3, -0.25) is 9.88 Å². The normalized spacial score (nSPS) is 24.5. The van der Waals surface area contributed by atoms with Crippen LogP contribution in [0.5, 0.6) is 0 Å². The molecule has 0 spiro atoms. The summed E-state index contributed by atoms with van der Waals surface area (Å²) >= 11 is 0. The first kappa shape index (κ1) is 22.5. The van der Waals surface area contributed by atoms with Gasteiger partial charge in [0, 0.05) is 30.3 Å². The van der Waals surface area contributed by atoms with E-state index in [1.807, 2.05) is 59.5 Å². The highest BCUT2D eigenvalue weighted by Gasteiger charge is 2.49. The van der Waals surface area contributed by atoms with Gasteiger partial charge in [-0.2, -0.15) is 0 Å². The number of pyridine rings is 1. The quantitative estimate of drug-likeness (QED) is 0.424. The first-order chi connectivity index (χ1) is 18.1. The number of hydrogen-bond donors (Lipinski definition) is 1. The van der Waals surface area contributed by atoms with E-state index in [0.29, 0.717) is 26.1 Å². The number of aliphatic hydroxyl groups is 1. The fourth-order valence-corrected chi connectivity index (χ4v) is 6.53. The highest BCUT2D eigenvalue weighted by atomic mass is 16.6. The fourth-order valence-electron chi connectivity index (χ4n) is 6.53. The van der Waals surface area contributed by atoms with Crippen molar-refractivity contribution in [3.63, 3.8) is 0 Å². The van der Waals surface area contributed by atoms with Crippen molar-refractivity contribution in [2.75, 3.05) is 19.8 Å². The molecule has 2 saturated heterocycles. The number of fused-ring (bicyclic) bond motifs is 6. The predicted molar refractivity (Wildman–Crippen MR) is 140 cm³/mol. The SMILES string of the molecule is O=C(OCC1c2ccccc2-c2ccccc21)N1C2COCC1CC(O)(c1ccc3cccnc3c1)C2. The summed E-state index contributed by atoms with van der Waals surface area (Å²) in [6.07, 6.45) is 2.22. The molecule has 3 aromatic carbocycles. The molecule has 186 valence electrons. The Morgan fingerprint density at radius 3 is 2.32 bits per heavy atom. The van der Waals surface area contributed by atoms with Crippen LogP contribution in [0.3, 0.4) is 0 Å². The van der Waals surface area contributed by atoms with E-state index < -0.39 is 5.60 Å². The Hall–Kier alpha value is -3.74. The van der Waals surface area contributed by atoms with Crippen LogP contribution in [0.25, 0.3) is 22.0 Å². The lowest BCUT2D eigenvalue weighted by Gasteiger charge is -2.51. The third-order valence-corrected chi connectivity index (χ3v) is 8.24. The average molecular weight is 493 g/mol. The van der Waals surface area contributed by atoms with E-state index in [2.05, 4.69) is 29.2 Å². The van der Waals surface area contributed by atoms with Crippen molar-refractivity contribution in [2.45, 2.75) is 36.4 Å². The molecule has 6 heteroatoms. The molecule has 1 N–H and O–H groups in total. The van der Waals surface area contributed by atoms with Gasteiger partial charge in [0.1, 0.15) is 6.61 Å². The van der Waals surface area contributed by atoms with Gasteiger partial charge in [0.25, 0.3) is 0 Å². The molecule has 4 aromatic rings. The number of carbonyl (C=O) groups is 1. The molecular formula is C31H28N2O4. The van der Waals surface area contributed by atoms with Gasteiger partial charge in [0.15, 0.2) is 0 Å². The van der Waals surface area contributed by atoms with E-state index in [0.717, 1.165) is 16.5 Å². The van der Waals surface area contributed by atoms with Crippen LogP contribution in [-0.4, -0.2) is 53.0 Å². The molecule has 0 radical (unpaired) electrons. The minimum atomic E-state index is -1.05. The van der Waals surface area contributed by atoms with E-state index in [-0.39, 0.29) is 30.7 Å². The van der Waals surface area contributed by atoms with E-state index in [9.17, 15) is 9.90 Å². The number of piperidine rings is 1. The van der Waals surface area contributed by atoms with Gasteiger partial charge in [-0.15, -0.1) is 0 Å². The van der Waals surface area contributed by atoms with Crippen molar-refractivity contribution in [2.24, 2.45) is 0 Å². The lowest BCUT2D eigenvalue weighted by atomic mass is 9.77. The number of ether oxygens (including phenoxy) is 2. The molecule has 3 heterocycles. The zero-order valence-corrected chi connectivity index (χ0v) is 20.4. The highest BCUT2D eigenvalue weighted by molar-refractivity contribution is 5.80. The summed E-state index contributed by atoms with van der Waals surface area (Å²) in [6.45, 7) is 1.05. The molecule has 7 rings (SSSR count). The minimum absolute atomic E-state index is 0.0132. The van der Waals surface area contributed by atoms with Crippen LogP contribution in [0.1, 0.15) is 35.4 Å². The van der Waals surface area contributed by atoms with Crippen LogP contribution in [0.15, 0.2) is 85.1 Å². The summed E-state index contributed by atoms with van der Waals surface area (Å²) in [4.78, 5) is 19.7. The minimum Gasteiger partial charge on any atom is -0.448 e. The molecule has 2 atom stereocenters. The molecule has 2 bridgehead atoms. The Labute approximate surface area is 215 Å². The van der Waals surface area contributed by atoms with Crippen molar-refractivity contribution >= 4 is 17.0 Å². The fraction of sp³-hybridized carbons (Fsp3) is 0.290.